The van der Waals surface area contributed by atoms with E-state index >= 15 is 0 Å². The van der Waals surface area contributed by atoms with Gasteiger partial charge in [-0.15, -0.1) is 0 Å². The summed E-state index contributed by atoms with van der Waals surface area (Å²) >= 11 is 15.1. The van der Waals surface area contributed by atoms with Crippen LogP contribution in [0.3, 0.4) is 0 Å². The van der Waals surface area contributed by atoms with Crippen LogP contribution in [-0.2, 0) is 0 Å². The Kier molecular flexibility index (Phi) is 8.23. The SMILES string of the molecule is CCSn1cc(-c2nc(Nc3cc(Cl)c(N4CCC(N(C)C)CC4)cc3OC)ncc2Cl)c2ccccc21. The highest BCUT2D eigenvalue weighted by molar-refractivity contribution is 7.97. The minimum Gasteiger partial charge on any atom is -0.494 e. The number of benzene rings is 2. The van der Waals surface area contributed by atoms with Gasteiger partial charge in [0.05, 0.1) is 45.9 Å². The molecule has 0 spiro atoms. The molecule has 200 valence electrons. The Hall–Kier alpha value is -2.65. The third-order valence-corrected chi connectivity index (χ3v) is 8.41. The molecule has 0 saturated carbocycles. The predicted molar refractivity (Wildman–Crippen MR) is 162 cm³/mol. The van der Waals surface area contributed by atoms with E-state index in [1.54, 1.807) is 25.3 Å². The Bertz CT molecular complexity index is 1430. The number of rotatable bonds is 8. The van der Waals surface area contributed by atoms with E-state index in [-0.39, 0.29) is 0 Å². The van der Waals surface area contributed by atoms with Gasteiger partial charge in [-0.1, -0.05) is 48.3 Å². The van der Waals surface area contributed by atoms with Crippen LogP contribution in [0, 0.1) is 0 Å². The number of piperidine rings is 1. The second-order valence-electron chi connectivity index (χ2n) is 9.50. The number of fused-ring (bicyclic) bond motifs is 1. The molecule has 1 N–H and O–H groups in total. The molecule has 0 aliphatic carbocycles. The van der Waals surface area contributed by atoms with Gasteiger partial charge in [0.2, 0.25) is 5.95 Å². The van der Waals surface area contributed by atoms with Crippen molar-refractivity contribution in [3.8, 4) is 17.0 Å². The van der Waals surface area contributed by atoms with Crippen LogP contribution in [0.5, 0.6) is 5.75 Å². The molecule has 10 heteroatoms. The van der Waals surface area contributed by atoms with Crippen LogP contribution < -0.4 is 15.0 Å². The van der Waals surface area contributed by atoms with E-state index in [1.165, 1.54) is 0 Å². The summed E-state index contributed by atoms with van der Waals surface area (Å²) in [6, 6.07) is 12.7. The zero-order chi connectivity index (χ0) is 26.8. The van der Waals surface area contributed by atoms with Crippen LogP contribution in [0.15, 0.2) is 48.8 Å². The van der Waals surface area contributed by atoms with Gasteiger partial charge in [-0.2, -0.15) is 0 Å². The largest absolute Gasteiger partial charge is 0.494 e. The molecular weight excluding hydrogens is 539 g/mol. The number of hydrogen-bond acceptors (Lipinski definition) is 7. The average Bonchev–Trinajstić information content (AvgIpc) is 3.28. The lowest BCUT2D eigenvalue weighted by Crippen LogP contribution is -2.42. The number of para-hydroxylation sites is 1. The van der Waals surface area contributed by atoms with Gasteiger partial charge in [-0.05, 0) is 51.0 Å². The molecule has 1 saturated heterocycles. The zero-order valence-corrected chi connectivity index (χ0v) is 24.4. The minimum atomic E-state index is 0.415. The smallest absolute Gasteiger partial charge is 0.227 e. The summed E-state index contributed by atoms with van der Waals surface area (Å²) in [6.45, 7) is 4.03. The zero-order valence-electron chi connectivity index (χ0n) is 22.0. The Morgan fingerprint density at radius 2 is 1.89 bits per heavy atom. The Labute approximate surface area is 238 Å². The first kappa shape index (κ1) is 26.9. The molecule has 3 heterocycles. The molecule has 1 fully saturated rings. The summed E-state index contributed by atoms with van der Waals surface area (Å²) in [4.78, 5) is 13.9. The molecular formula is C28H32Cl2N6OS. The molecule has 0 radical (unpaired) electrons. The highest BCUT2D eigenvalue weighted by Crippen LogP contribution is 2.40. The van der Waals surface area contributed by atoms with E-state index < -0.39 is 0 Å². The van der Waals surface area contributed by atoms with Crippen molar-refractivity contribution >= 4 is 63.4 Å². The van der Waals surface area contributed by atoms with Crippen molar-refractivity contribution < 1.29 is 4.74 Å². The van der Waals surface area contributed by atoms with Gasteiger partial charge in [-0.25, -0.2) is 9.97 Å². The number of anilines is 3. The number of nitrogens with zero attached hydrogens (tertiary/aromatic N) is 5. The van der Waals surface area contributed by atoms with Crippen molar-refractivity contribution in [2.24, 2.45) is 0 Å². The molecule has 5 rings (SSSR count). The van der Waals surface area contributed by atoms with Crippen molar-refractivity contribution in [1.29, 1.82) is 0 Å². The fourth-order valence-electron chi connectivity index (χ4n) is 5.00. The van der Waals surface area contributed by atoms with Crippen molar-refractivity contribution in [1.82, 2.24) is 18.8 Å². The number of halogens is 2. The van der Waals surface area contributed by atoms with E-state index in [0.717, 1.165) is 53.8 Å². The minimum absolute atomic E-state index is 0.415. The topological polar surface area (TPSA) is 58.5 Å². The van der Waals surface area contributed by atoms with Crippen LogP contribution in [0.1, 0.15) is 19.8 Å². The molecule has 38 heavy (non-hydrogen) atoms. The Morgan fingerprint density at radius 3 is 2.61 bits per heavy atom. The lowest BCUT2D eigenvalue weighted by Gasteiger charge is -2.37. The summed E-state index contributed by atoms with van der Waals surface area (Å²) in [7, 11) is 5.94. The van der Waals surface area contributed by atoms with Crippen molar-refractivity contribution in [3.05, 3.63) is 58.8 Å². The molecule has 0 atom stereocenters. The maximum absolute atomic E-state index is 6.79. The summed E-state index contributed by atoms with van der Waals surface area (Å²) < 4.78 is 7.91. The van der Waals surface area contributed by atoms with Crippen molar-refractivity contribution in [2.75, 3.05) is 50.3 Å². The summed E-state index contributed by atoms with van der Waals surface area (Å²) in [5.41, 5.74) is 4.42. The van der Waals surface area contributed by atoms with Gasteiger partial charge in [0, 0.05) is 48.1 Å². The number of ether oxygens (including phenoxy) is 1. The first-order valence-electron chi connectivity index (χ1n) is 12.7. The fourth-order valence-corrected chi connectivity index (χ4v) is 6.23. The second-order valence-corrected chi connectivity index (χ2v) is 11.5. The molecule has 0 bridgehead atoms. The molecule has 7 nitrogen and oxygen atoms in total. The van der Waals surface area contributed by atoms with Crippen LogP contribution >= 0.6 is 35.1 Å². The Balaban J connectivity index is 1.45. The second kappa shape index (κ2) is 11.6. The van der Waals surface area contributed by atoms with E-state index in [0.29, 0.717) is 39.2 Å². The summed E-state index contributed by atoms with van der Waals surface area (Å²) in [6.07, 6.45) is 5.91. The molecule has 4 aromatic rings. The summed E-state index contributed by atoms with van der Waals surface area (Å²) in [5, 5.41) is 5.54. The third kappa shape index (κ3) is 5.41. The fraction of sp³-hybridized carbons (Fsp3) is 0.357. The quantitative estimate of drug-likeness (QED) is 0.240. The van der Waals surface area contributed by atoms with Gasteiger partial charge in [0.25, 0.3) is 0 Å². The van der Waals surface area contributed by atoms with Crippen LogP contribution in [-0.4, -0.2) is 64.9 Å². The van der Waals surface area contributed by atoms with Crippen molar-refractivity contribution in [3.63, 3.8) is 0 Å². The van der Waals surface area contributed by atoms with Gasteiger partial charge in [0.1, 0.15) is 5.75 Å². The Morgan fingerprint density at radius 1 is 1.13 bits per heavy atom. The molecule has 0 amide bonds. The van der Waals surface area contributed by atoms with Crippen LogP contribution in [0.25, 0.3) is 22.2 Å². The molecule has 1 aliphatic rings. The number of aromatic nitrogens is 3. The van der Waals surface area contributed by atoms with E-state index in [4.69, 9.17) is 32.9 Å². The monoisotopic (exact) mass is 570 g/mol. The molecule has 0 unspecified atom stereocenters. The lowest BCUT2D eigenvalue weighted by atomic mass is 10.0. The van der Waals surface area contributed by atoms with Crippen LogP contribution in [0.4, 0.5) is 17.3 Å². The predicted octanol–water partition coefficient (Wildman–Crippen LogP) is 7.20. The van der Waals surface area contributed by atoms with E-state index in [9.17, 15) is 0 Å². The van der Waals surface area contributed by atoms with E-state index in [1.807, 2.05) is 24.3 Å². The normalized spacial score (nSPS) is 14.4. The lowest BCUT2D eigenvalue weighted by molar-refractivity contribution is 0.249. The van der Waals surface area contributed by atoms with Crippen molar-refractivity contribution in [2.45, 2.75) is 25.8 Å². The first-order valence-corrected chi connectivity index (χ1v) is 14.4. The maximum Gasteiger partial charge on any atom is 0.227 e. The van der Waals surface area contributed by atoms with Gasteiger partial charge >= 0.3 is 0 Å². The molecule has 2 aromatic carbocycles. The standard InChI is InChI=1S/C28H32Cl2N6OS/c1-5-38-36-17-20(19-8-6-7-9-24(19)36)27-22(30)16-31-28(33-27)32-23-14-21(29)25(15-26(23)37-4)35-12-10-18(11-13-35)34(2)3/h6-9,14-18H,5,10-13H2,1-4H3,(H,31,32,33). The van der Waals surface area contributed by atoms with Gasteiger partial charge in [-0.3, -0.25) is 3.97 Å². The number of hydrogen-bond donors (Lipinski definition) is 1. The van der Waals surface area contributed by atoms with Crippen LogP contribution in [0.2, 0.25) is 10.0 Å². The maximum atomic E-state index is 6.79. The van der Waals surface area contributed by atoms with Gasteiger partial charge < -0.3 is 19.9 Å². The average molecular weight is 572 g/mol. The molecule has 2 aromatic heterocycles. The molecule has 1 aliphatic heterocycles. The highest BCUT2D eigenvalue weighted by atomic mass is 35.5. The summed E-state index contributed by atoms with van der Waals surface area (Å²) in [5.74, 6) is 2.04. The van der Waals surface area contributed by atoms with Gasteiger partial charge in [0.15, 0.2) is 0 Å². The number of nitrogens with one attached hydrogen (secondary N) is 1. The third-order valence-electron chi connectivity index (χ3n) is 7.00. The number of methoxy groups -OCH3 is 1. The highest BCUT2D eigenvalue weighted by Gasteiger charge is 2.24. The first-order chi connectivity index (χ1) is 18.4. The van der Waals surface area contributed by atoms with E-state index in [2.05, 4.69) is 63.4 Å².